The quantitative estimate of drug-likeness (QED) is 0.778. The first kappa shape index (κ1) is 15.2. The predicted molar refractivity (Wildman–Crippen MR) is 84.4 cm³/mol. The first-order valence-corrected chi connectivity index (χ1v) is 7.62. The molecule has 2 nitrogen and oxygen atoms in total. The van der Waals surface area contributed by atoms with E-state index in [0.29, 0.717) is 12.0 Å². The monoisotopic (exact) mass is 273 g/mol. The average molecular weight is 273 g/mol. The number of hydrogen-bond acceptors (Lipinski definition) is 2. The molecule has 0 atom stereocenters. The maximum atomic E-state index is 12.5. The van der Waals surface area contributed by atoms with Gasteiger partial charge in [-0.2, -0.15) is 0 Å². The van der Waals surface area contributed by atoms with Crippen LogP contribution in [0, 0.1) is 26.2 Å². The average Bonchev–Trinajstić information content (AvgIpc) is 2.36. The third kappa shape index (κ3) is 3.49. The maximum Gasteiger partial charge on any atom is 0.177 e. The topological polar surface area (TPSA) is 20.3 Å². The van der Waals surface area contributed by atoms with Crippen LogP contribution in [0.2, 0.25) is 0 Å². The molecule has 20 heavy (non-hydrogen) atoms. The summed E-state index contributed by atoms with van der Waals surface area (Å²) in [6.07, 6.45) is 2.37. The Balaban J connectivity index is 2.04. The molecule has 2 heteroatoms. The van der Waals surface area contributed by atoms with E-state index in [1.165, 1.54) is 24.0 Å². The van der Waals surface area contributed by atoms with Crippen molar-refractivity contribution in [3.05, 3.63) is 34.4 Å². The van der Waals surface area contributed by atoms with Gasteiger partial charge >= 0.3 is 0 Å². The minimum absolute atomic E-state index is 0.269. The number of Topliss-reactive ketones (excluding diaryl/α,β-unsaturated/α-hetero) is 1. The van der Waals surface area contributed by atoms with Crippen molar-refractivity contribution in [1.29, 1.82) is 0 Å². The van der Waals surface area contributed by atoms with E-state index in [-0.39, 0.29) is 5.78 Å². The number of rotatable bonds is 3. The molecule has 1 aliphatic rings. The zero-order valence-electron chi connectivity index (χ0n) is 13.5. The number of carbonyl (C=O) groups excluding carboxylic acids is 1. The summed E-state index contributed by atoms with van der Waals surface area (Å²) in [6, 6.07) is 4.18. The number of ketones is 1. The standard InChI is InChI=1S/C18H27NO/c1-13-10-15(3)16(11-14(13)2)17(20)12-19-8-6-18(4,5)7-9-19/h10-11H,6-9,12H2,1-5H3. The van der Waals surface area contributed by atoms with Crippen molar-refractivity contribution in [2.45, 2.75) is 47.5 Å². The highest BCUT2D eigenvalue weighted by molar-refractivity contribution is 5.99. The Morgan fingerprint density at radius 1 is 1.05 bits per heavy atom. The van der Waals surface area contributed by atoms with E-state index in [0.717, 1.165) is 24.2 Å². The molecule has 1 aromatic carbocycles. The Bertz CT molecular complexity index is 506. The predicted octanol–water partition coefficient (Wildman–Crippen LogP) is 3.92. The van der Waals surface area contributed by atoms with Crippen LogP contribution in [0.3, 0.4) is 0 Å². The number of nitrogens with zero attached hydrogens (tertiary/aromatic N) is 1. The van der Waals surface area contributed by atoms with E-state index in [1.807, 2.05) is 6.92 Å². The molecule has 2 rings (SSSR count). The first-order chi connectivity index (χ1) is 9.28. The van der Waals surface area contributed by atoms with E-state index < -0.39 is 0 Å². The number of aryl methyl sites for hydroxylation is 3. The first-order valence-electron chi connectivity index (χ1n) is 7.62. The van der Waals surface area contributed by atoms with Crippen molar-refractivity contribution in [2.24, 2.45) is 5.41 Å². The van der Waals surface area contributed by atoms with Crippen molar-refractivity contribution < 1.29 is 4.79 Å². The van der Waals surface area contributed by atoms with E-state index >= 15 is 0 Å². The van der Waals surface area contributed by atoms with E-state index in [9.17, 15) is 4.79 Å². The highest BCUT2D eigenvalue weighted by Gasteiger charge is 2.26. The Hall–Kier alpha value is -1.15. The van der Waals surface area contributed by atoms with Crippen molar-refractivity contribution in [1.82, 2.24) is 4.90 Å². The molecular weight excluding hydrogens is 246 g/mol. The molecule has 1 saturated heterocycles. The Morgan fingerprint density at radius 3 is 2.20 bits per heavy atom. The zero-order chi connectivity index (χ0) is 14.9. The molecule has 0 radical (unpaired) electrons. The molecule has 0 spiro atoms. The van der Waals surface area contributed by atoms with E-state index in [4.69, 9.17) is 0 Å². The number of hydrogen-bond donors (Lipinski definition) is 0. The fraction of sp³-hybridized carbons (Fsp3) is 0.611. The molecule has 0 unspecified atom stereocenters. The second-order valence-corrected chi connectivity index (χ2v) is 7.11. The Labute approximate surface area is 123 Å². The van der Waals surface area contributed by atoms with Gasteiger partial charge in [-0.05, 0) is 74.9 Å². The maximum absolute atomic E-state index is 12.5. The normalized spacial score (nSPS) is 19.1. The van der Waals surface area contributed by atoms with E-state index in [1.54, 1.807) is 0 Å². The largest absolute Gasteiger partial charge is 0.296 e. The van der Waals surface area contributed by atoms with Gasteiger partial charge in [-0.3, -0.25) is 9.69 Å². The number of benzene rings is 1. The molecule has 0 amide bonds. The lowest BCUT2D eigenvalue weighted by Gasteiger charge is -2.36. The SMILES string of the molecule is Cc1cc(C)c(C(=O)CN2CCC(C)(C)CC2)cc1C. The fourth-order valence-electron chi connectivity index (χ4n) is 2.87. The van der Waals surface area contributed by atoms with Crippen LogP contribution in [0.5, 0.6) is 0 Å². The molecule has 0 N–H and O–H groups in total. The third-order valence-corrected chi connectivity index (χ3v) is 4.72. The van der Waals surface area contributed by atoms with Crippen LogP contribution < -0.4 is 0 Å². The summed E-state index contributed by atoms with van der Waals surface area (Å²) in [5.41, 5.74) is 4.92. The van der Waals surface area contributed by atoms with Gasteiger partial charge in [0.1, 0.15) is 0 Å². The van der Waals surface area contributed by atoms with Crippen molar-refractivity contribution in [3.8, 4) is 0 Å². The minimum atomic E-state index is 0.269. The molecule has 110 valence electrons. The number of piperidine rings is 1. The lowest BCUT2D eigenvalue weighted by molar-refractivity contribution is 0.0845. The second-order valence-electron chi connectivity index (χ2n) is 7.11. The van der Waals surface area contributed by atoms with Gasteiger partial charge in [0.2, 0.25) is 0 Å². The summed E-state index contributed by atoms with van der Waals surface area (Å²) >= 11 is 0. The molecule has 1 heterocycles. The van der Waals surface area contributed by atoms with Gasteiger partial charge in [0.15, 0.2) is 5.78 Å². The van der Waals surface area contributed by atoms with Crippen LogP contribution >= 0.6 is 0 Å². The molecule has 0 aromatic heterocycles. The summed E-state index contributed by atoms with van der Waals surface area (Å²) in [6.45, 7) is 13.5. The summed E-state index contributed by atoms with van der Waals surface area (Å²) in [5.74, 6) is 0.269. The van der Waals surface area contributed by atoms with Gasteiger partial charge in [-0.1, -0.05) is 19.9 Å². The fourth-order valence-corrected chi connectivity index (χ4v) is 2.87. The highest BCUT2D eigenvalue weighted by Crippen LogP contribution is 2.29. The van der Waals surface area contributed by atoms with Gasteiger partial charge < -0.3 is 0 Å². The molecule has 0 aliphatic carbocycles. The Kier molecular flexibility index (Phi) is 4.33. The molecule has 1 aliphatic heterocycles. The van der Waals surface area contributed by atoms with Crippen LogP contribution in [-0.2, 0) is 0 Å². The summed E-state index contributed by atoms with van der Waals surface area (Å²) < 4.78 is 0. The van der Waals surface area contributed by atoms with Crippen LogP contribution in [0.25, 0.3) is 0 Å². The van der Waals surface area contributed by atoms with Crippen LogP contribution in [0.15, 0.2) is 12.1 Å². The van der Waals surface area contributed by atoms with Crippen molar-refractivity contribution >= 4 is 5.78 Å². The van der Waals surface area contributed by atoms with Crippen molar-refractivity contribution in [3.63, 3.8) is 0 Å². The van der Waals surface area contributed by atoms with Gasteiger partial charge in [0.05, 0.1) is 6.54 Å². The zero-order valence-corrected chi connectivity index (χ0v) is 13.5. The summed E-state index contributed by atoms with van der Waals surface area (Å²) in [4.78, 5) is 14.8. The van der Waals surface area contributed by atoms with Crippen LogP contribution in [-0.4, -0.2) is 30.3 Å². The van der Waals surface area contributed by atoms with Crippen molar-refractivity contribution in [2.75, 3.05) is 19.6 Å². The van der Waals surface area contributed by atoms with E-state index in [2.05, 4.69) is 44.7 Å². The molecule has 0 saturated carbocycles. The minimum Gasteiger partial charge on any atom is -0.296 e. The van der Waals surface area contributed by atoms with Crippen LogP contribution in [0.4, 0.5) is 0 Å². The highest BCUT2D eigenvalue weighted by atomic mass is 16.1. The van der Waals surface area contributed by atoms with Gasteiger partial charge in [0.25, 0.3) is 0 Å². The van der Waals surface area contributed by atoms with Gasteiger partial charge in [0, 0.05) is 5.56 Å². The molecule has 1 aromatic rings. The Morgan fingerprint density at radius 2 is 1.60 bits per heavy atom. The smallest absolute Gasteiger partial charge is 0.177 e. The van der Waals surface area contributed by atoms with Crippen LogP contribution in [0.1, 0.15) is 53.7 Å². The second kappa shape index (κ2) is 5.69. The molecule has 1 fully saturated rings. The number of carbonyl (C=O) groups is 1. The molecular formula is C18H27NO. The molecule has 0 bridgehead atoms. The third-order valence-electron chi connectivity index (χ3n) is 4.72. The number of likely N-dealkylation sites (tertiary alicyclic amines) is 1. The van der Waals surface area contributed by atoms with Gasteiger partial charge in [-0.25, -0.2) is 0 Å². The summed E-state index contributed by atoms with van der Waals surface area (Å²) in [7, 11) is 0. The lowest BCUT2D eigenvalue weighted by Crippen LogP contribution is -2.40. The van der Waals surface area contributed by atoms with Gasteiger partial charge in [-0.15, -0.1) is 0 Å². The lowest BCUT2D eigenvalue weighted by atomic mass is 9.82. The summed E-state index contributed by atoms with van der Waals surface area (Å²) in [5, 5.41) is 0.